The second kappa shape index (κ2) is 4.26. The van der Waals surface area contributed by atoms with Gasteiger partial charge in [0.05, 0.1) is 0 Å². The molecule has 0 aliphatic carbocycles. The van der Waals surface area contributed by atoms with E-state index in [1.54, 1.807) is 12.1 Å². The van der Waals surface area contributed by atoms with Gasteiger partial charge in [0.2, 0.25) is 0 Å². The van der Waals surface area contributed by atoms with Crippen molar-refractivity contribution in [3.8, 4) is 5.75 Å². The number of hydrogen-bond acceptors (Lipinski definition) is 3. The van der Waals surface area contributed by atoms with E-state index >= 15 is 0 Å². The highest BCUT2D eigenvalue weighted by molar-refractivity contribution is 7.50. The zero-order valence-electron chi connectivity index (χ0n) is 8.37. The maximum absolute atomic E-state index is 10.5. The standard InChI is InChI=1S/C11H11O4P/c12-16(13,14)8-15-11-6-5-9-3-1-2-4-10(9)7-11/h1-7H,8H2,(H2,12,13,14)/p-1. The van der Waals surface area contributed by atoms with Crippen LogP contribution in [0.2, 0.25) is 0 Å². The molecule has 0 aliphatic heterocycles. The molecule has 1 unspecified atom stereocenters. The minimum Gasteiger partial charge on any atom is -0.776 e. The molecule has 0 radical (unpaired) electrons. The topological polar surface area (TPSA) is 69.6 Å². The molecule has 0 aliphatic rings. The first-order valence-electron chi connectivity index (χ1n) is 4.69. The molecule has 0 bridgehead atoms. The van der Waals surface area contributed by atoms with Gasteiger partial charge in [-0.15, -0.1) is 0 Å². The van der Waals surface area contributed by atoms with E-state index in [1.807, 2.05) is 30.3 Å². The third-order valence-electron chi connectivity index (χ3n) is 2.12. The van der Waals surface area contributed by atoms with Gasteiger partial charge in [0.1, 0.15) is 5.75 Å². The average Bonchev–Trinajstić information content (AvgIpc) is 2.25. The van der Waals surface area contributed by atoms with Gasteiger partial charge in [0, 0.05) is 0 Å². The van der Waals surface area contributed by atoms with Crippen molar-refractivity contribution >= 4 is 18.4 Å². The molecule has 1 N–H and O–H groups in total. The molecule has 0 amide bonds. The fourth-order valence-corrected chi connectivity index (χ4v) is 1.73. The van der Waals surface area contributed by atoms with Crippen LogP contribution in [0.15, 0.2) is 42.5 Å². The summed E-state index contributed by atoms with van der Waals surface area (Å²) < 4.78 is 15.5. The summed E-state index contributed by atoms with van der Waals surface area (Å²) in [6.45, 7) is 0. The van der Waals surface area contributed by atoms with E-state index in [2.05, 4.69) is 0 Å². The predicted molar refractivity (Wildman–Crippen MR) is 59.3 cm³/mol. The molecule has 16 heavy (non-hydrogen) atoms. The Kier molecular flexibility index (Phi) is 2.97. The molecule has 5 heteroatoms. The summed E-state index contributed by atoms with van der Waals surface area (Å²) >= 11 is 0. The quantitative estimate of drug-likeness (QED) is 0.825. The Morgan fingerprint density at radius 2 is 1.88 bits per heavy atom. The van der Waals surface area contributed by atoms with Gasteiger partial charge < -0.3 is 19.1 Å². The molecule has 0 heterocycles. The smallest absolute Gasteiger partial charge is 0.169 e. The van der Waals surface area contributed by atoms with Gasteiger partial charge in [-0.25, -0.2) is 0 Å². The van der Waals surface area contributed by atoms with Crippen LogP contribution in [0.4, 0.5) is 0 Å². The molecule has 2 aromatic carbocycles. The highest BCUT2D eigenvalue weighted by atomic mass is 31.2. The second-order valence-electron chi connectivity index (χ2n) is 3.42. The second-order valence-corrected chi connectivity index (χ2v) is 4.95. The van der Waals surface area contributed by atoms with Gasteiger partial charge in [-0.1, -0.05) is 30.3 Å². The van der Waals surface area contributed by atoms with Crippen LogP contribution >= 0.6 is 7.60 Å². The summed E-state index contributed by atoms with van der Waals surface area (Å²) in [5.41, 5.74) is 0. The van der Waals surface area contributed by atoms with Crippen molar-refractivity contribution in [3.63, 3.8) is 0 Å². The SMILES string of the molecule is O=P([O-])(O)COc1ccc2ccccc2c1. The van der Waals surface area contributed by atoms with Crippen LogP contribution in [-0.4, -0.2) is 11.2 Å². The van der Waals surface area contributed by atoms with Crippen LogP contribution in [-0.2, 0) is 4.57 Å². The maximum atomic E-state index is 10.5. The molecule has 2 aromatic rings. The summed E-state index contributed by atoms with van der Waals surface area (Å²) in [6, 6.07) is 12.9. The zero-order valence-corrected chi connectivity index (χ0v) is 9.26. The largest absolute Gasteiger partial charge is 0.776 e. The van der Waals surface area contributed by atoms with E-state index in [1.165, 1.54) is 0 Å². The summed E-state index contributed by atoms with van der Waals surface area (Å²) in [6.07, 6.45) is -0.703. The van der Waals surface area contributed by atoms with Crippen LogP contribution in [0.5, 0.6) is 5.75 Å². The molecule has 0 saturated heterocycles. The highest BCUT2D eigenvalue weighted by Crippen LogP contribution is 2.30. The Bertz CT molecular complexity index is 546. The number of ether oxygens (including phenoxy) is 1. The lowest BCUT2D eigenvalue weighted by Gasteiger charge is -2.16. The van der Waals surface area contributed by atoms with E-state index in [0.717, 1.165) is 10.8 Å². The molecule has 84 valence electrons. The minimum atomic E-state index is -4.36. The highest BCUT2D eigenvalue weighted by Gasteiger charge is 2.03. The summed E-state index contributed by atoms with van der Waals surface area (Å²) in [5.74, 6) is 0.420. The zero-order chi connectivity index (χ0) is 11.6. The van der Waals surface area contributed by atoms with Crippen LogP contribution in [0.25, 0.3) is 10.8 Å². The molecule has 0 aromatic heterocycles. The average molecular weight is 237 g/mol. The summed E-state index contributed by atoms with van der Waals surface area (Å²) in [7, 11) is -4.36. The van der Waals surface area contributed by atoms with Crippen molar-refractivity contribution in [3.05, 3.63) is 42.5 Å². The number of benzene rings is 2. The predicted octanol–water partition coefficient (Wildman–Crippen LogP) is 1.72. The number of fused-ring (bicyclic) bond motifs is 1. The van der Waals surface area contributed by atoms with Crippen molar-refractivity contribution in [2.75, 3.05) is 6.35 Å². The molecule has 0 fully saturated rings. The Hall–Kier alpha value is -1.35. The van der Waals surface area contributed by atoms with Crippen molar-refractivity contribution < 1.29 is 19.1 Å². The first-order valence-corrected chi connectivity index (χ1v) is 6.45. The Balaban J connectivity index is 2.23. The normalized spacial score (nSPS) is 14.6. The molecular weight excluding hydrogens is 227 g/mol. The van der Waals surface area contributed by atoms with Gasteiger partial charge >= 0.3 is 0 Å². The van der Waals surface area contributed by atoms with E-state index in [0.29, 0.717) is 5.75 Å². The van der Waals surface area contributed by atoms with Crippen molar-refractivity contribution in [1.82, 2.24) is 0 Å². The number of rotatable bonds is 3. The fourth-order valence-electron chi connectivity index (χ4n) is 1.41. The van der Waals surface area contributed by atoms with Gasteiger partial charge in [-0.3, -0.25) is 0 Å². The van der Waals surface area contributed by atoms with E-state index in [4.69, 9.17) is 9.63 Å². The monoisotopic (exact) mass is 237 g/mol. The Morgan fingerprint density at radius 1 is 1.19 bits per heavy atom. The lowest BCUT2D eigenvalue weighted by Crippen LogP contribution is -2.08. The van der Waals surface area contributed by atoms with Crippen molar-refractivity contribution in [2.24, 2.45) is 0 Å². The third kappa shape index (κ3) is 2.83. The molecule has 2 rings (SSSR count). The Labute approximate surface area is 92.6 Å². The lowest BCUT2D eigenvalue weighted by molar-refractivity contribution is -0.196. The summed E-state index contributed by atoms with van der Waals surface area (Å²) in [5, 5.41) is 2.00. The molecular formula is C11H10O4P-. The van der Waals surface area contributed by atoms with Gasteiger partial charge in [-0.05, 0) is 22.9 Å². The Morgan fingerprint density at radius 3 is 2.56 bits per heavy atom. The van der Waals surface area contributed by atoms with Crippen LogP contribution in [0, 0.1) is 0 Å². The molecule has 0 saturated carbocycles. The van der Waals surface area contributed by atoms with Gasteiger partial charge in [0.25, 0.3) is 0 Å². The lowest BCUT2D eigenvalue weighted by atomic mass is 10.1. The van der Waals surface area contributed by atoms with Gasteiger partial charge in [-0.2, -0.15) is 0 Å². The van der Waals surface area contributed by atoms with Crippen LogP contribution < -0.4 is 9.63 Å². The first kappa shape index (κ1) is 11.1. The summed E-state index contributed by atoms with van der Waals surface area (Å²) in [4.78, 5) is 19.1. The molecule has 1 atom stereocenters. The fraction of sp³-hybridized carbons (Fsp3) is 0.0909. The van der Waals surface area contributed by atoms with E-state index in [-0.39, 0.29) is 0 Å². The first-order chi connectivity index (χ1) is 7.54. The maximum Gasteiger partial charge on any atom is 0.169 e. The molecule has 4 nitrogen and oxygen atoms in total. The van der Waals surface area contributed by atoms with Gasteiger partial charge in [0.15, 0.2) is 13.9 Å². The van der Waals surface area contributed by atoms with Crippen LogP contribution in [0.3, 0.4) is 0 Å². The van der Waals surface area contributed by atoms with Crippen molar-refractivity contribution in [2.45, 2.75) is 0 Å². The van der Waals surface area contributed by atoms with E-state index in [9.17, 15) is 9.46 Å². The van der Waals surface area contributed by atoms with Crippen LogP contribution in [0.1, 0.15) is 0 Å². The van der Waals surface area contributed by atoms with Crippen molar-refractivity contribution in [1.29, 1.82) is 0 Å². The molecule has 0 spiro atoms. The third-order valence-corrected chi connectivity index (χ3v) is 2.57. The minimum absolute atomic E-state index is 0.420. The number of hydrogen-bond donors (Lipinski definition) is 1. The van der Waals surface area contributed by atoms with E-state index < -0.39 is 13.9 Å².